The first-order valence-corrected chi connectivity index (χ1v) is 19.3. The van der Waals surface area contributed by atoms with Crippen LogP contribution in [0.3, 0.4) is 0 Å². The van der Waals surface area contributed by atoms with Crippen LogP contribution < -0.4 is 0 Å². The molecule has 0 unspecified atom stereocenters. The summed E-state index contributed by atoms with van der Waals surface area (Å²) < 4.78 is 2.53. The molecule has 0 atom stereocenters. The molecule has 0 aliphatic rings. The number of aromatic nitrogens is 3. The molecule has 258 valence electrons. The second kappa shape index (κ2) is 14.1. The number of nitrogens with zero attached hydrogens (tertiary/aromatic N) is 3. The Bertz CT molecular complexity index is 2890. The molecule has 3 nitrogen and oxygen atoms in total. The minimum Gasteiger partial charge on any atom is -0.208 e. The summed E-state index contributed by atoms with van der Waals surface area (Å²) >= 11 is 1.87. The number of fused-ring (bicyclic) bond motifs is 3. The number of hydrogen-bond acceptors (Lipinski definition) is 4. The monoisotopic (exact) mass is 719 g/mol. The SMILES string of the molecule is c1ccc(-c2cc(-c3nc(-c4ccccc4)nc(-c4ccccc4)n3)cc(-c3cccc4c3sc3c(-c5ccccc5)cc(-c5ccccc5)cc34)c2)cc1. The molecule has 0 saturated heterocycles. The molecule has 0 fully saturated rings. The van der Waals surface area contributed by atoms with Gasteiger partial charge < -0.3 is 0 Å². The Kier molecular flexibility index (Phi) is 8.36. The molecule has 0 aliphatic heterocycles. The number of benzene rings is 8. The molecule has 8 aromatic carbocycles. The van der Waals surface area contributed by atoms with Gasteiger partial charge in [0, 0.05) is 42.4 Å². The third kappa shape index (κ3) is 6.29. The standard InChI is InChI=1S/C51H33N3S/c1-6-17-34(18-7-1)39-29-41(31-42(30-39)51-53-49(37-23-12-4-13-24-37)52-50(54-51)38-25-14-5-15-26-38)43-27-16-28-44-46-33-40(35-19-8-2-9-20-35)32-45(48(46)55-47(43)44)36-21-10-3-11-22-36/h1-33H. The van der Waals surface area contributed by atoms with Gasteiger partial charge in [0.1, 0.15) is 0 Å². The van der Waals surface area contributed by atoms with Crippen molar-refractivity contribution in [1.82, 2.24) is 15.0 Å². The van der Waals surface area contributed by atoms with Gasteiger partial charge in [-0.1, -0.05) is 170 Å². The van der Waals surface area contributed by atoms with Gasteiger partial charge in [0.25, 0.3) is 0 Å². The van der Waals surface area contributed by atoms with E-state index in [4.69, 9.17) is 15.0 Å². The van der Waals surface area contributed by atoms with E-state index in [1.807, 2.05) is 47.7 Å². The molecule has 0 saturated carbocycles. The van der Waals surface area contributed by atoms with Gasteiger partial charge in [-0.25, -0.2) is 15.0 Å². The molecule has 10 rings (SSSR count). The molecule has 0 bridgehead atoms. The maximum atomic E-state index is 5.13. The van der Waals surface area contributed by atoms with Crippen molar-refractivity contribution in [2.45, 2.75) is 0 Å². The van der Waals surface area contributed by atoms with Crippen molar-refractivity contribution in [2.24, 2.45) is 0 Å². The molecule has 2 heterocycles. The predicted octanol–water partition coefficient (Wildman–Crippen LogP) is 13.9. The summed E-state index contributed by atoms with van der Waals surface area (Å²) in [6.45, 7) is 0. The molecule has 4 heteroatoms. The molecule has 10 aromatic rings. The minimum atomic E-state index is 0.633. The Morgan fingerprint density at radius 1 is 0.255 bits per heavy atom. The molecule has 0 aliphatic carbocycles. The Morgan fingerprint density at radius 2 is 0.673 bits per heavy atom. The molecule has 2 aromatic heterocycles. The van der Waals surface area contributed by atoms with Crippen LogP contribution in [0.25, 0.3) is 98.8 Å². The van der Waals surface area contributed by atoms with Gasteiger partial charge in [-0.15, -0.1) is 11.3 Å². The molecule has 55 heavy (non-hydrogen) atoms. The average Bonchev–Trinajstić information content (AvgIpc) is 3.66. The van der Waals surface area contributed by atoms with Gasteiger partial charge in [0.2, 0.25) is 0 Å². The minimum absolute atomic E-state index is 0.633. The van der Waals surface area contributed by atoms with E-state index in [2.05, 4.69) is 164 Å². The fraction of sp³-hybridized carbons (Fsp3) is 0. The van der Waals surface area contributed by atoms with E-state index in [1.165, 1.54) is 48.0 Å². The van der Waals surface area contributed by atoms with E-state index in [9.17, 15) is 0 Å². The van der Waals surface area contributed by atoms with Crippen LogP contribution in [0.5, 0.6) is 0 Å². The maximum absolute atomic E-state index is 5.13. The Morgan fingerprint density at radius 3 is 1.22 bits per heavy atom. The molecule has 0 amide bonds. The number of rotatable bonds is 7. The quantitative estimate of drug-likeness (QED) is 0.165. The van der Waals surface area contributed by atoms with E-state index in [-0.39, 0.29) is 0 Å². The van der Waals surface area contributed by atoms with Crippen LogP contribution in [0.2, 0.25) is 0 Å². The second-order valence-electron chi connectivity index (χ2n) is 13.6. The van der Waals surface area contributed by atoms with Crippen LogP contribution in [-0.2, 0) is 0 Å². The zero-order valence-electron chi connectivity index (χ0n) is 29.8. The molecule has 0 radical (unpaired) electrons. The van der Waals surface area contributed by atoms with E-state index in [0.717, 1.165) is 33.4 Å². The Hall–Kier alpha value is -7.01. The zero-order valence-corrected chi connectivity index (χ0v) is 30.6. The van der Waals surface area contributed by atoms with Gasteiger partial charge in [0.15, 0.2) is 17.5 Å². The smallest absolute Gasteiger partial charge is 0.164 e. The van der Waals surface area contributed by atoms with Crippen LogP contribution >= 0.6 is 11.3 Å². The van der Waals surface area contributed by atoms with Crippen molar-refractivity contribution in [3.05, 3.63) is 200 Å². The number of hydrogen-bond donors (Lipinski definition) is 0. The highest BCUT2D eigenvalue weighted by molar-refractivity contribution is 7.26. The fourth-order valence-electron chi connectivity index (χ4n) is 7.40. The van der Waals surface area contributed by atoms with E-state index >= 15 is 0 Å². The Labute approximate surface area is 323 Å². The van der Waals surface area contributed by atoms with Gasteiger partial charge in [-0.2, -0.15) is 0 Å². The van der Waals surface area contributed by atoms with Crippen molar-refractivity contribution in [1.29, 1.82) is 0 Å². The van der Waals surface area contributed by atoms with Crippen LogP contribution in [0, 0.1) is 0 Å². The molecular formula is C51H33N3S. The lowest BCUT2D eigenvalue weighted by Gasteiger charge is -2.13. The lowest BCUT2D eigenvalue weighted by molar-refractivity contribution is 1.07. The highest BCUT2D eigenvalue weighted by atomic mass is 32.1. The van der Waals surface area contributed by atoms with E-state index in [1.54, 1.807) is 0 Å². The maximum Gasteiger partial charge on any atom is 0.164 e. The summed E-state index contributed by atoms with van der Waals surface area (Å²) in [7, 11) is 0. The van der Waals surface area contributed by atoms with Crippen LogP contribution in [0.15, 0.2) is 200 Å². The lowest BCUT2D eigenvalue weighted by Crippen LogP contribution is -2.00. The molecule has 0 spiro atoms. The Balaban J connectivity index is 1.22. The van der Waals surface area contributed by atoms with Crippen LogP contribution in [-0.4, -0.2) is 15.0 Å². The molecule has 0 N–H and O–H groups in total. The largest absolute Gasteiger partial charge is 0.208 e. The van der Waals surface area contributed by atoms with Crippen molar-refractivity contribution in [2.75, 3.05) is 0 Å². The van der Waals surface area contributed by atoms with Gasteiger partial charge in [-0.3, -0.25) is 0 Å². The second-order valence-corrected chi connectivity index (χ2v) is 14.6. The van der Waals surface area contributed by atoms with E-state index < -0.39 is 0 Å². The fourth-order valence-corrected chi connectivity index (χ4v) is 8.76. The summed E-state index contributed by atoms with van der Waals surface area (Å²) in [6, 6.07) is 70.5. The lowest BCUT2D eigenvalue weighted by atomic mass is 9.93. The third-order valence-electron chi connectivity index (χ3n) is 10.1. The average molecular weight is 720 g/mol. The summed E-state index contributed by atoms with van der Waals surface area (Å²) in [6.07, 6.45) is 0. The first kappa shape index (κ1) is 32.6. The number of thiophene rings is 1. The normalized spacial score (nSPS) is 11.3. The molecular weight excluding hydrogens is 687 g/mol. The van der Waals surface area contributed by atoms with E-state index in [0.29, 0.717) is 17.5 Å². The van der Waals surface area contributed by atoms with Gasteiger partial charge in [-0.05, 0) is 69.3 Å². The van der Waals surface area contributed by atoms with Crippen molar-refractivity contribution >= 4 is 31.5 Å². The summed E-state index contributed by atoms with van der Waals surface area (Å²) in [4.78, 5) is 15.2. The topological polar surface area (TPSA) is 38.7 Å². The zero-order chi connectivity index (χ0) is 36.6. The first-order valence-electron chi connectivity index (χ1n) is 18.4. The third-order valence-corrected chi connectivity index (χ3v) is 11.4. The van der Waals surface area contributed by atoms with Gasteiger partial charge in [0.05, 0.1) is 0 Å². The highest BCUT2D eigenvalue weighted by Gasteiger charge is 2.19. The van der Waals surface area contributed by atoms with Gasteiger partial charge >= 0.3 is 0 Å². The first-order chi connectivity index (χ1) is 27.2. The summed E-state index contributed by atoms with van der Waals surface area (Å²) in [5, 5.41) is 2.51. The highest BCUT2D eigenvalue weighted by Crippen LogP contribution is 2.46. The summed E-state index contributed by atoms with van der Waals surface area (Å²) in [5.74, 6) is 1.92. The van der Waals surface area contributed by atoms with Crippen molar-refractivity contribution < 1.29 is 0 Å². The van der Waals surface area contributed by atoms with Crippen molar-refractivity contribution in [3.8, 4) is 78.7 Å². The van der Waals surface area contributed by atoms with Crippen LogP contribution in [0.4, 0.5) is 0 Å². The van der Waals surface area contributed by atoms with Crippen molar-refractivity contribution in [3.63, 3.8) is 0 Å². The van der Waals surface area contributed by atoms with Crippen LogP contribution in [0.1, 0.15) is 0 Å². The summed E-state index contributed by atoms with van der Waals surface area (Å²) in [5.41, 5.74) is 12.2. The predicted molar refractivity (Wildman–Crippen MR) is 231 cm³/mol.